The molecule has 0 radical (unpaired) electrons. The molecule has 0 saturated carbocycles. The van der Waals surface area contributed by atoms with Gasteiger partial charge in [0.05, 0.1) is 0 Å². The lowest BCUT2D eigenvalue weighted by Crippen LogP contribution is -2.44. The van der Waals surface area contributed by atoms with Gasteiger partial charge in [0, 0.05) is 29.7 Å². The molecule has 2 bridgehead atoms. The number of anilines is 1. The number of nitrogens with zero attached hydrogens (tertiary/aromatic N) is 4. The molecule has 7 heteroatoms. The van der Waals surface area contributed by atoms with Gasteiger partial charge >= 0.3 is 0 Å². The summed E-state index contributed by atoms with van der Waals surface area (Å²) in [6.45, 7) is 5.30. The lowest BCUT2D eigenvalue weighted by molar-refractivity contribution is 0.0929. The summed E-state index contributed by atoms with van der Waals surface area (Å²) in [4.78, 5) is 14.6. The third-order valence-corrected chi connectivity index (χ3v) is 6.55. The van der Waals surface area contributed by atoms with E-state index in [2.05, 4.69) is 41.1 Å². The molecule has 2 saturated heterocycles. The third-order valence-electron chi connectivity index (χ3n) is 6.55. The smallest absolute Gasteiger partial charge is 0.286 e. The first kappa shape index (κ1) is 19.9. The van der Waals surface area contributed by atoms with Crippen molar-refractivity contribution in [1.29, 1.82) is 0 Å². The zero-order chi connectivity index (χ0) is 20.5. The number of primary amides is 1. The quantitative estimate of drug-likeness (QED) is 0.701. The Labute approximate surface area is 172 Å². The second-order valence-electron chi connectivity index (χ2n) is 8.86. The summed E-state index contributed by atoms with van der Waals surface area (Å²) >= 11 is 0. The minimum Gasteiger partial charge on any atom is -0.399 e. The number of carbonyl (C=O) groups excluding carboxylic acids is 1. The SMILES string of the molecule is CC(C)c1nnc(C(N)=O)n1C1CC2CCC(C1)N2CCCc1ccc(N)cc1. The number of hydrogen-bond donors (Lipinski definition) is 2. The minimum absolute atomic E-state index is 0.214. The van der Waals surface area contributed by atoms with E-state index in [4.69, 9.17) is 11.5 Å². The van der Waals surface area contributed by atoms with E-state index >= 15 is 0 Å². The van der Waals surface area contributed by atoms with Crippen LogP contribution in [0.25, 0.3) is 0 Å². The number of nitrogens with two attached hydrogens (primary N) is 2. The van der Waals surface area contributed by atoms with Crippen molar-refractivity contribution >= 4 is 11.6 Å². The van der Waals surface area contributed by atoms with Gasteiger partial charge in [-0.2, -0.15) is 0 Å². The van der Waals surface area contributed by atoms with E-state index in [1.54, 1.807) is 0 Å². The Balaban J connectivity index is 1.42. The van der Waals surface area contributed by atoms with Gasteiger partial charge in [0.1, 0.15) is 5.82 Å². The monoisotopic (exact) mass is 396 g/mol. The van der Waals surface area contributed by atoms with Crippen LogP contribution in [0.3, 0.4) is 0 Å². The molecule has 2 fully saturated rings. The molecule has 0 spiro atoms. The largest absolute Gasteiger partial charge is 0.399 e. The molecular weight excluding hydrogens is 364 g/mol. The molecule has 156 valence electrons. The molecule has 1 aromatic heterocycles. The van der Waals surface area contributed by atoms with Crippen LogP contribution in [0.2, 0.25) is 0 Å². The number of aryl methyl sites for hydroxylation is 1. The van der Waals surface area contributed by atoms with Gasteiger partial charge < -0.3 is 16.0 Å². The Morgan fingerprint density at radius 1 is 1.10 bits per heavy atom. The summed E-state index contributed by atoms with van der Waals surface area (Å²) in [5.41, 5.74) is 13.5. The average molecular weight is 397 g/mol. The highest BCUT2D eigenvalue weighted by atomic mass is 16.1. The van der Waals surface area contributed by atoms with E-state index in [0.717, 1.165) is 43.7 Å². The summed E-state index contributed by atoms with van der Waals surface area (Å²) in [7, 11) is 0. The molecule has 2 aliphatic heterocycles. The van der Waals surface area contributed by atoms with Crippen molar-refractivity contribution in [1.82, 2.24) is 19.7 Å². The van der Waals surface area contributed by atoms with Crippen LogP contribution >= 0.6 is 0 Å². The lowest BCUT2D eigenvalue weighted by Gasteiger charge is -2.40. The van der Waals surface area contributed by atoms with Crippen molar-refractivity contribution < 1.29 is 4.79 Å². The van der Waals surface area contributed by atoms with E-state index in [1.165, 1.54) is 18.4 Å². The topological polar surface area (TPSA) is 103 Å². The van der Waals surface area contributed by atoms with Crippen LogP contribution in [0.5, 0.6) is 0 Å². The van der Waals surface area contributed by atoms with Crippen molar-refractivity contribution in [2.75, 3.05) is 12.3 Å². The summed E-state index contributed by atoms with van der Waals surface area (Å²) in [5, 5.41) is 8.39. The Bertz CT molecular complexity index is 845. The summed E-state index contributed by atoms with van der Waals surface area (Å²) in [6, 6.07) is 9.60. The van der Waals surface area contributed by atoms with E-state index in [0.29, 0.717) is 17.9 Å². The molecule has 2 atom stereocenters. The molecule has 2 unspecified atom stereocenters. The van der Waals surface area contributed by atoms with Crippen LogP contribution in [-0.4, -0.2) is 44.2 Å². The fourth-order valence-electron chi connectivity index (χ4n) is 5.20. The predicted octanol–water partition coefficient (Wildman–Crippen LogP) is 2.88. The normalized spacial score (nSPS) is 24.3. The molecule has 3 heterocycles. The zero-order valence-electron chi connectivity index (χ0n) is 17.4. The number of amides is 1. The zero-order valence-corrected chi connectivity index (χ0v) is 17.4. The highest BCUT2D eigenvalue weighted by molar-refractivity contribution is 5.89. The van der Waals surface area contributed by atoms with Crippen LogP contribution in [0, 0.1) is 0 Å². The van der Waals surface area contributed by atoms with Gasteiger partial charge in [0.25, 0.3) is 5.91 Å². The lowest BCUT2D eigenvalue weighted by atomic mass is 9.95. The number of aromatic nitrogens is 3. The van der Waals surface area contributed by atoms with E-state index < -0.39 is 5.91 Å². The van der Waals surface area contributed by atoms with Crippen LogP contribution in [0.1, 0.15) is 79.9 Å². The third kappa shape index (κ3) is 4.01. The molecule has 1 amide bonds. The Morgan fingerprint density at radius 3 is 2.34 bits per heavy atom. The van der Waals surface area contributed by atoms with Crippen molar-refractivity contribution in [2.24, 2.45) is 5.73 Å². The summed E-state index contributed by atoms with van der Waals surface area (Å²) in [5.74, 6) is 0.920. The molecular formula is C22H32N6O. The highest BCUT2D eigenvalue weighted by Crippen LogP contribution is 2.42. The standard InChI is InChI=1S/C22H32N6O/c1-14(2)21-25-26-22(20(24)29)28(21)19-12-17-9-10-18(13-19)27(17)11-3-4-15-5-7-16(23)8-6-15/h5-8,14,17-19H,3-4,9-13,23H2,1-2H3,(H2,24,29). The Hall–Kier alpha value is -2.41. The Morgan fingerprint density at radius 2 is 1.76 bits per heavy atom. The fraction of sp³-hybridized carbons (Fsp3) is 0.591. The molecule has 2 aromatic rings. The first-order chi connectivity index (χ1) is 13.9. The molecule has 29 heavy (non-hydrogen) atoms. The molecule has 0 aliphatic carbocycles. The number of fused-ring (bicyclic) bond motifs is 2. The molecule has 4 N–H and O–H groups in total. The number of carbonyl (C=O) groups is 1. The van der Waals surface area contributed by atoms with Crippen molar-refractivity contribution in [3.63, 3.8) is 0 Å². The predicted molar refractivity (Wildman–Crippen MR) is 114 cm³/mol. The van der Waals surface area contributed by atoms with Gasteiger partial charge in [0.15, 0.2) is 0 Å². The number of nitrogen functional groups attached to an aromatic ring is 1. The fourth-order valence-corrected chi connectivity index (χ4v) is 5.20. The molecule has 7 nitrogen and oxygen atoms in total. The first-order valence-corrected chi connectivity index (χ1v) is 10.8. The van der Waals surface area contributed by atoms with Crippen molar-refractivity contribution in [3.8, 4) is 0 Å². The summed E-state index contributed by atoms with van der Waals surface area (Å²) in [6.07, 6.45) is 6.77. The van der Waals surface area contributed by atoms with E-state index in [-0.39, 0.29) is 12.0 Å². The van der Waals surface area contributed by atoms with Gasteiger partial charge in [-0.05, 0) is 62.8 Å². The van der Waals surface area contributed by atoms with Gasteiger partial charge in [-0.3, -0.25) is 9.69 Å². The molecule has 4 rings (SSSR count). The maximum atomic E-state index is 11.9. The Kier molecular flexibility index (Phi) is 5.58. The van der Waals surface area contributed by atoms with Gasteiger partial charge in [-0.25, -0.2) is 0 Å². The van der Waals surface area contributed by atoms with Crippen LogP contribution in [0.15, 0.2) is 24.3 Å². The van der Waals surface area contributed by atoms with Gasteiger partial charge in [-0.15, -0.1) is 10.2 Å². The molecule has 1 aromatic carbocycles. The van der Waals surface area contributed by atoms with E-state index in [1.807, 2.05) is 16.7 Å². The maximum Gasteiger partial charge on any atom is 0.286 e. The second-order valence-corrected chi connectivity index (χ2v) is 8.86. The number of benzene rings is 1. The number of rotatable bonds is 7. The van der Waals surface area contributed by atoms with Crippen molar-refractivity contribution in [2.45, 2.75) is 76.4 Å². The van der Waals surface area contributed by atoms with E-state index in [9.17, 15) is 4.79 Å². The maximum absolute atomic E-state index is 11.9. The highest BCUT2D eigenvalue weighted by Gasteiger charge is 2.42. The number of piperidine rings is 1. The van der Waals surface area contributed by atoms with Crippen molar-refractivity contribution in [3.05, 3.63) is 41.5 Å². The minimum atomic E-state index is -0.484. The van der Waals surface area contributed by atoms with Gasteiger partial charge in [0.2, 0.25) is 5.82 Å². The summed E-state index contributed by atoms with van der Waals surface area (Å²) < 4.78 is 2.05. The average Bonchev–Trinajstić information content (AvgIpc) is 3.22. The van der Waals surface area contributed by atoms with Crippen LogP contribution < -0.4 is 11.5 Å². The number of hydrogen-bond acceptors (Lipinski definition) is 5. The van der Waals surface area contributed by atoms with Gasteiger partial charge in [-0.1, -0.05) is 26.0 Å². The second kappa shape index (κ2) is 8.14. The van der Waals surface area contributed by atoms with Crippen LogP contribution in [0.4, 0.5) is 5.69 Å². The first-order valence-electron chi connectivity index (χ1n) is 10.8. The van der Waals surface area contributed by atoms with Crippen LogP contribution in [-0.2, 0) is 6.42 Å². The molecule has 2 aliphatic rings.